The molecule has 1 aromatic rings. The van der Waals surface area contributed by atoms with Gasteiger partial charge in [-0.05, 0) is 38.0 Å². The first-order valence-corrected chi connectivity index (χ1v) is 6.08. The Morgan fingerprint density at radius 1 is 1.38 bits per heavy atom. The summed E-state index contributed by atoms with van der Waals surface area (Å²) in [6, 6.07) is 6.76. The molecule has 1 aromatic carbocycles. The summed E-state index contributed by atoms with van der Waals surface area (Å²) in [5.41, 5.74) is 2.32. The fourth-order valence-electron chi connectivity index (χ4n) is 1.77. The second kappa shape index (κ2) is 6.41. The molecule has 0 spiro atoms. The van der Waals surface area contributed by atoms with Crippen LogP contribution in [0.3, 0.4) is 0 Å². The molecule has 0 radical (unpaired) electrons. The van der Waals surface area contributed by atoms with Crippen LogP contribution in [0.2, 0.25) is 0 Å². The molecule has 1 rings (SSSR count). The van der Waals surface area contributed by atoms with Crippen LogP contribution < -0.4 is 10.1 Å². The number of anilines is 1. The second-order valence-corrected chi connectivity index (χ2v) is 4.39. The van der Waals surface area contributed by atoms with Crippen LogP contribution in [0.15, 0.2) is 18.2 Å². The molecule has 2 nitrogen and oxygen atoms in total. The van der Waals surface area contributed by atoms with Gasteiger partial charge >= 0.3 is 0 Å². The van der Waals surface area contributed by atoms with Crippen LogP contribution in [0, 0.1) is 6.92 Å². The molecule has 0 aliphatic carbocycles. The Hall–Kier alpha value is -1.18. The highest BCUT2D eigenvalue weighted by atomic mass is 16.5. The van der Waals surface area contributed by atoms with Crippen LogP contribution in [0.5, 0.6) is 5.75 Å². The fourth-order valence-corrected chi connectivity index (χ4v) is 1.77. The summed E-state index contributed by atoms with van der Waals surface area (Å²) in [6.45, 7) is 6.51. The van der Waals surface area contributed by atoms with Gasteiger partial charge in [0.2, 0.25) is 0 Å². The molecule has 0 aliphatic rings. The van der Waals surface area contributed by atoms with E-state index >= 15 is 0 Å². The summed E-state index contributed by atoms with van der Waals surface area (Å²) in [5.74, 6) is 0.934. The number of rotatable bonds is 6. The molecule has 1 unspecified atom stereocenters. The first-order chi connectivity index (χ1) is 7.67. The third-order valence-electron chi connectivity index (χ3n) is 2.75. The number of ether oxygens (including phenoxy) is 1. The zero-order valence-electron chi connectivity index (χ0n) is 10.8. The van der Waals surface area contributed by atoms with E-state index in [0.29, 0.717) is 6.04 Å². The number of unbranched alkanes of at least 4 members (excludes halogenated alkanes) is 1. The molecule has 16 heavy (non-hydrogen) atoms. The Morgan fingerprint density at radius 3 is 2.75 bits per heavy atom. The second-order valence-electron chi connectivity index (χ2n) is 4.39. The van der Waals surface area contributed by atoms with E-state index in [1.165, 1.54) is 24.8 Å². The van der Waals surface area contributed by atoms with Crippen LogP contribution >= 0.6 is 0 Å². The van der Waals surface area contributed by atoms with Gasteiger partial charge in [0.15, 0.2) is 0 Å². The first kappa shape index (κ1) is 12.9. The maximum Gasteiger partial charge on any atom is 0.142 e. The summed E-state index contributed by atoms with van der Waals surface area (Å²) in [4.78, 5) is 0. The number of benzene rings is 1. The van der Waals surface area contributed by atoms with Crippen molar-refractivity contribution < 1.29 is 4.74 Å². The summed E-state index contributed by atoms with van der Waals surface area (Å²) in [5, 5.41) is 3.50. The van der Waals surface area contributed by atoms with Crippen LogP contribution in [0.4, 0.5) is 5.69 Å². The van der Waals surface area contributed by atoms with Crippen LogP contribution in [0.25, 0.3) is 0 Å². The Bertz CT molecular complexity index is 323. The van der Waals surface area contributed by atoms with Gasteiger partial charge in [0.25, 0.3) is 0 Å². The molecule has 0 saturated heterocycles. The summed E-state index contributed by atoms with van der Waals surface area (Å²) in [6.07, 6.45) is 3.72. The lowest BCUT2D eigenvalue weighted by Crippen LogP contribution is -2.15. The smallest absolute Gasteiger partial charge is 0.142 e. The van der Waals surface area contributed by atoms with Gasteiger partial charge in [0, 0.05) is 6.04 Å². The zero-order chi connectivity index (χ0) is 12.0. The Kier molecular flexibility index (Phi) is 5.17. The van der Waals surface area contributed by atoms with Crippen molar-refractivity contribution in [2.24, 2.45) is 0 Å². The zero-order valence-corrected chi connectivity index (χ0v) is 10.8. The lowest BCUT2D eigenvalue weighted by molar-refractivity contribution is 0.415. The Labute approximate surface area is 99.0 Å². The van der Waals surface area contributed by atoms with Crippen LogP contribution in [-0.4, -0.2) is 13.2 Å². The summed E-state index contributed by atoms with van der Waals surface area (Å²) >= 11 is 0. The van der Waals surface area contributed by atoms with Crippen molar-refractivity contribution in [3.63, 3.8) is 0 Å². The summed E-state index contributed by atoms with van der Waals surface area (Å²) < 4.78 is 5.37. The minimum absolute atomic E-state index is 0.497. The predicted molar refractivity (Wildman–Crippen MR) is 70.3 cm³/mol. The molecule has 1 atom stereocenters. The van der Waals surface area contributed by atoms with E-state index in [-0.39, 0.29) is 0 Å². The molecular weight excluding hydrogens is 198 g/mol. The number of aryl methyl sites for hydroxylation is 1. The predicted octanol–water partition coefficient (Wildman–Crippen LogP) is 3.99. The first-order valence-electron chi connectivity index (χ1n) is 6.08. The molecule has 0 fully saturated rings. The molecule has 0 amide bonds. The molecule has 2 heteroatoms. The van der Waals surface area contributed by atoms with Crippen molar-refractivity contribution in [1.82, 2.24) is 0 Å². The van der Waals surface area contributed by atoms with Crippen molar-refractivity contribution in [2.45, 2.75) is 46.1 Å². The third-order valence-corrected chi connectivity index (χ3v) is 2.75. The standard InChI is InChI=1S/C14H23NO/c1-5-6-7-12(3)15-13-9-8-11(2)10-14(13)16-4/h8-10,12,15H,5-7H2,1-4H3. The Balaban J connectivity index is 2.65. The summed E-state index contributed by atoms with van der Waals surface area (Å²) in [7, 11) is 1.72. The van der Waals surface area contributed by atoms with Crippen LogP contribution in [-0.2, 0) is 0 Å². The van der Waals surface area contributed by atoms with Crippen molar-refractivity contribution in [1.29, 1.82) is 0 Å². The van der Waals surface area contributed by atoms with Crippen molar-refractivity contribution in [2.75, 3.05) is 12.4 Å². The molecule has 0 aliphatic heterocycles. The molecule has 90 valence electrons. The topological polar surface area (TPSA) is 21.3 Å². The highest BCUT2D eigenvalue weighted by Gasteiger charge is 2.06. The van der Waals surface area contributed by atoms with E-state index < -0.39 is 0 Å². The van der Waals surface area contributed by atoms with E-state index in [9.17, 15) is 0 Å². The van der Waals surface area contributed by atoms with Gasteiger partial charge in [-0.1, -0.05) is 25.8 Å². The SMILES string of the molecule is CCCCC(C)Nc1ccc(C)cc1OC. The van der Waals surface area contributed by atoms with E-state index in [2.05, 4.69) is 44.3 Å². The van der Waals surface area contributed by atoms with Crippen LogP contribution in [0.1, 0.15) is 38.7 Å². The maximum absolute atomic E-state index is 5.37. The Morgan fingerprint density at radius 2 is 2.12 bits per heavy atom. The molecule has 0 heterocycles. The molecule has 1 N–H and O–H groups in total. The molecule has 0 aromatic heterocycles. The van der Waals surface area contributed by atoms with E-state index in [4.69, 9.17) is 4.74 Å². The van der Waals surface area contributed by atoms with Gasteiger partial charge in [-0.3, -0.25) is 0 Å². The van der Waals surface area contributed by atoms with Gasteiger partial charge in [0.05, 0.1) is 12.8 Å². The normalized spacial score (nSPS) is 12.2. The van der Waals surface area contributed by atoms with Gasteiger partial charge < -0.3 is 10.1 Å². The van der Waals surface area contributed by atoms with Gasteiger partial charge in [-0.15, -0.1) is 0 Å². The van der Waals surface area contributed by atoms with Gasteiger partial charge in [-0.25, -0.2) is 0 Å². The number of methoxy groups -OCH3 is 1. The monoisotopic (exact) mass is 221 g/mol. The molecule has 0 saturated carbocycles. The number of nitrogens with one attached hydrogen (secondary N) is 1. The van der Waals surface area contributed by atoms with E-state index in [1.807, 2.05) is 0 Å². The highest BCUT2D eigenvalue weighted by Crippen LogP contribution is 2.26. The van der Waals surface area contributed by atoms with Crippen molar-refractivity contribution in [3.05, 3.63) is 23.8 Å². The molecule has 0 bridgehead atoms. The number of hydrogen-bond acceptors (Lipinski definition) is 2. The lowest BCUT2D eigenvalue weighted by atomic mass is 10.1. The van der Waals surface area contributed by atoms with E-state index in [0.717, 1.165) is 11.4 Å². The van der Waals surface area contributed by atoms with Gasteiger partial charge in [-0.2, -0.15) is 0 Å². The highest BCUT2D eigenvalue weighted by molar-refractivity contribution is 5.58. The maximum atomic E-state index is 5.37. The minimum atomic E-state index is 0.497. The van der Waals surface area contributed by atoms with Crippen molar-refractivity contribution in [3.8, 4) is 5.75 Å². The quantitative estimate of drug-likeness (QED) is 0.784. The minimum Gasteiger partial charge on any atom is -0.495 e. The van der Waals surface area contributed by atoms with Gasteiger partial charge in [0.1, 0.15) is 5.75 Å². The van der Waals surface area contributed by atoms with E-state index in [1.54, 1.807) is 7.11 Å². The average Bonchev–Trinajstić information content (AvgIpc) is 2.28. The fraction of sp³-hybridized carbons (Fsp3) is 0.571. The largest absolute Gasteiger partial charge is 0.495 e. The lowest BCUT2D eigenvalue weighted by Gasteiger charge is -2.17. The average molecular weight is 221 g/mol. The third kappa shape index (κ3) is 3.76. The van der Waals surface area contributed by atoms with Crippen molar-refractivity contribution >= 4 is 5.69 Å². The number of hydrogen-bond donors (Lipinski definition) is 1. The molecular formula is C14H23NO.